The fourth-order valence-corrected chi connectivity index (χ4v) is 11.2. The van der Waals surface area contributed by atoms with Crippen molar-refractivity contribution in [3.63, 3.8) is 0 Å². The molecule has 6 aromatic carbocycles. The number of carbonyl (C=O) groups is 5. The van der Waals surface area contributed by atoms with Crippen molar-refractivity contribution in [2.45, 2.75) is 70.5 Å². The Bertz CT molecular complexity index is 3590. The van der Waals surface area contributed by atoms with Crippen molar-refractivity contribution in [2.24, 2.45) is 21.8 Å². The summed E-state index contributed by atoms with van der Waals surface area (Å²) in [4.78, 5) is 80.8. The Morgan fingerprint density at radius 1 is 0.646 bits per heavy atom. The van der Waals surface area contributed by atoms with Gasteiger partial charge in [-0.2, -0.15) is 0 Å². The lowest BCUT2D eigenvalue weighted by Gasteiger charge is -2.23. The smallest absolute Gasteiger partial charge is 0.407 e. The SMILES string of the molecule is COc1cc2c(cc1OCCCOc1cc3c(cc1OC)C(=O)N1C=C(c4ccc(NC(=O)[C@H](C)CC(=O)[C@@H](NC(=O)OCC5c6ccccc6-c6ccccc65)C(C)C)cc4)C[C@H]1C=N3)N=C[C@@H]1CC(c3ccc(F)cc3)=CN1C2=O. The van der Waals surface area contributed by atoms with Crippen LogP contribution in [0.3, 0.4) is 0 Å². The summed E-state index contributed by atoms with van der Waals surface area (Å²) in [5.74, 6) is -0.914. The van der Waals surface area contributed by atoms with Gasteiger partial charge in [-0.25, -0.2) is 9.18 Å². The van der Waals surface area contributed by atoms with Crippen molar-refractivity contribution in [2.75, 3.05) is 39.4 Å². The summed E-state index contributed by atoms with van der Waals surface area (Å²) in [5, 5.41) is 5.69. The van der Waals surface area contributed by atoms with Gasteiger partial charge in [-0.05, 0) is 86.8 Å². The summed E-state index contributed by atoms with van der Waals surface area (Å²) < 4.78 is 43.0. The third-order valence-corrected chi connectivity index (χ3v) is 15.6. The van der Waals surface area contributed by atoms with Gasteiger partial charge in [-0.3, -0.25) is 29.2 Å². The molecule has 16 nitrogen and oxygen atoms in total. The highest BCUT2D eigenvalue weighted by Crippen LogP contribution is 2.45. The molecule has 0 bridgehead atoms. The molecule has 418 valence electrons. The van der Waals surface area contributed by atoms with Gasteiger partial charge < -0.3 is 44.1 Å². The van der Waals surface area contributed by atoms with Crippen LogP contribution in [0, 0.1) is 17.7 Å². The standard InChI is InChI=1S/C65H61FN6O10/c1-37(2)61(70-65(77)82-36-53-49-13-8-6-11-47(49)48-12-7-9-14-50(48)53)56(73)25-38(3)62(74)69-44-21-17-40(18-22-44)42-27-46-33-68-55-31-60(58(79-5)29-52(55)64(76)72(46)35-42)81-24-10-23-80-59-30-54-51(28-57(59)78-4)63(75)71-34-41(26-45(71)32-67-54)39-15-19-43(66)20-16-39/h6-9,11-22,28-35,37-38,45-46,53,61H,10,23-27,36H2,1-5H3,(H,69,74)(H,70,77)/t38-,45+,46+,61+/m1/s1. The summed E-state index contributed by atoms with van der Waals surface area (Å²) >= 11 is 0. The number of alkyl carbamates (subject to hydrolysis) is 1. The van der Waals surface area contributed by atoms with E-state index in [0.717, 1.165) is 44.5 Å². The van der Waals surface area contributed by atoms with Gasteiger partial charge in [0.05, 0.1) is 68.1 Å². The van der Waals surface area contributed by atoms with Crippen molar-refractivity contribution < 1.29 is 52.0 Å². The lowest BCUT2D eigenvalue weighted by atomic mass is 9.93. The molecule has 0 spiro atoms. The molecule has 0 saturated heterocycles. The predicted molar refractivity (Wildman–Crippen MR) is 310 cm³/mol. The van der Waals surface area contributed by atoms with E-state index in [0.29, 0.717) is 70.4 Å². The second-order valence-corrected chi connectivity index (χ2v) is 21.3. The molecule has 6 aromatic rings. The van der Waals surface area contributed by atoms with Crippen LogP contribution in [0.25, 0.3) is 22.3 Å². The van der Waals surface area contributed by atoms with E-state index in [1.54, 1.807) is 83.9 Å². The van der Waals surface area contributed by atoms with Gasteiger partial charge in [0.15, 0.2) is 28.8 Å². The van der Waals surface area contributed by atoms with Gasteiger partial charge in [0.2, 0.25) is 5.91 Å². The molecule has 1 aliphatic carbocycles. The van der Waals surface area contributed by atoms with Crippen LogP contribution < -0.4 is 29.6 Å². The van der Waals surface area contributed by atoms with Gasteiger partial charge in [-0.15, -0.1) is 0 Å². The first-order valence-corrected chi connectivity index (χ1v) is 27.4. The van der Waals surface area contributed by atoms with Crippen LogP contribution in [0.15, 0.2) is 144 Å². The zero-order valence-corrected chi connectivity index (χ0v) is 46.0. The average Bonchev–Trinajstić information content (AvgIpc) is 3.37. The topological polar surface area (TPSA) is 187 Å². The van der Waals surface area contributed by atoms with Gasteiger partial charge in [0.25, 0.3) is 11.8 Å². The number of Topliss-reactive ketones (excluding diaryl/α,β-unsaturated/α-hetero) is 1. The van der Waals surface area contributed by atoms with E-state index in [1.807, 2.05) is 68.6 Å². The first kappa shape index (κ1) is 54.6. The molecule has 0 fully saturated rings. The van der Waals surface area contributed by atoms with Gasteiger partial charge in [-0.1, -0.05) is 93.6 Å². The molecule has 82 heavy (non-hydrogen) atoms. The maximum absolute atomic E-state index is 14.2. The second-order valence-electron chi connectivity index (χ2n) is 21.3. The summed E-state index contributed by atoms with van der Waals surface area (Å²) in [6, 6.07) is 34.8. The predicted octanol–water partition coefficient (Wildman–Crippen LogP) is 11.7. The molecule has 0 unspecified atom stereocenters. The lowest BCUT2D eigenvalue weighted by molar-refractivity contribution is -0.127. The lowest BCUT2D eigenvalue weighted by Crippen LogP contribution is -2.45. The summed E-state index contributed by atoms with van der Waals surface area (Å²) in [7, 11) is 3.01. The minimum atomic E-state index is -0.848. The summed E-state index contributed by atoms with van der Waals surface area (Å²) in [6.07, 6.45) is 7.84. The number of hydrogen-bond donors (Lipinski definition) is 2. The first-order valence-electron chi connectivity index (χ1n) is 27.4. The van der Waals surface area contributed by atoms with Crippen LogP contribution in [0.5, 0.6) is 23.0 Å². The third-order valence-electron chi connectivity index (χ3n) is 15.6. The number of rotatable bonds is 19. The maximum Gasteiger partial charge on any atom is 0.407 e. The van der Waals surface area contributed by atoms with E-state index >= 15 is 0 Å². The van der Waals surface area contributed by atoms with E-state index in [-0.39, 0.29) is 79.5 Å². The number of benzene rings is 6. The average molecular weight is 1110 g/mol. The molecule has 0 radical (unpaired) electrons. The van der Waals surface area contributed by atoms with Gasteiger partial charge >= 0.3 is 6.09 Å². The quantitative estimate of drug-likeness (QED) is 0.0739. The number of fused-ring (bicyclic) bond motifs is 7. The number of nitrogens with one attached hydrogen (secondary N) is 2. The summed E-state index contributed by atoms with van der Waals surface area (Å²) in [6.45, 7) is 5.96. The van der Waals surface area contributed by atoms with Crippen molar-refractivity contribution in [3.8, 4) is 34.1 Å². The van der Waals surface area contributed by atoms with E-state index in [4.69, 9.17) is 28.7 Å². The Balaban J connectivity index is 0.656. The Morgan fingerprint density at radius 3 is 1.65 bits per heavy atom. The zero-order chi connectivity index (χ0) is 57.2. The number of methoxy groups -OCH3 is 2. The molecule has 2 N–H and O–H groups in total. The van der Waals surface area contributed by atoms with E-state index in [2.05, 4.69) is 27.8 Å². The Morgan fingerprint density at radius 2 is 1.15 bits per heavy atom. The molecule has 4 aliphatic heterocycles. The van der Waals surface area contributed by atoms with Crippen LogP contribution in [-0.4, -0.2) is 104 Å². The number of carbonyl (C=O) groups excluding carboxylic acids is 5. The minimum absolute atomic E-state index is 0.0881. The monoisotopic (exact) mass is 1100 g/mol. The van der Waals surface area contributed by atoms with E-state index < -0.39 is 18.1 Å². The fraction of sp³-hybridized carbons (Fsp3) is 0.277. The third kappa shape index (κ3) is 11.1. The van der Waals surface area contributed by atoms with Crippen molar-refractivity contribution in [1.29, 1.82) is 0 Å². The normalized spacial score (nSPS) is 17.2. The number of nitrogens with zero attached hydrogens (tertiary/aromatic N) is 4. The molecule has 17 heteroatoms. The minimum Gasteiger partial charge on any atom is -0.493 e. The molecule has 0 saturated carbocycles. The number of hydrogen-bond acceptors (Lipinski definition) is 12. The Hall–Kier alpha value is -9.38. The van der Waals surface area contributed by atoms with Crippen LogP contribution in [0.4, 0.5) is 26.2 Å². The molecule has 4 amide bonds. The van der Waals surface area contributed by atoms with Crippen molar-refractivity contribution >= 4 is 70.2 Å². The molecule has 11 rings (SSSR count). The van der Waals surface area contributed by atoms with E-state index in [1.165, 1.54) is 26.4 Å². The van der Waals surface area contributed by atoms with Gasteiger partial charge in [0.1, 0.15) is 12.4 Å². The molecule has 5 aliphatic rings. The molecule has 4 atom stereocenters. The number of ether oxygens (including phenoxy) is 5. The van der Waals surface area contributed by atoms with Crippen LogP contribution >= 0.6 is 0 Å². The number of ketones is 1. The van der Waals surface area contributed by atoms with Crippen molar-refractivity contribution in [1.82, 2.24) is 15.1 Å². The highest BCUT2D eigenvalue weighted by Gasteiger charge is 2.36. The number of halogens is 1. The highest BCUT2D eigenvalue weighted by atomic mass is 19.1. The largest absolute Gasteiger partial charge is 0.493 e. The van der Waals surface area contributed by atoms with Crippen LogP contribution in [-0.2, 0) is 14.3 Å². The number of anilines is 1. The van der Waals surface area contributed by atoms with Crippen molar-refractivity contribution in [3.05, 3.63) is 173 Å². The van der Waals surface area contributed by atoms with Crippen LogP contribution in [0.2, 0.25) is 0 Å². The van der Waals surface area contributed by atoms with Crippen LogP contribution in [0.1, 0.15) is 95.3 Å². The Labute approximate surface area is 474 Å². The first-order chi connectivity index (χ1) is 39.7. The maximum atomic E-state index is 14.2. The summed E-state index contributed by atoms with van der Waals surface area (Å²) in [5.41, 5.74) is 10.1. The second kappa shape index (κ2) is 23.4. The number of amides is 4. The van der Waals surface area contributed by atoms with Gasteiger partial charge in [0, 0.05) is 80.2 Å². The highest BCUT2D eigenvalue weighted by molar-refractivity contribution is 6.07. The molecule has 4 heterocycles. The molecular formula is C65H61FN6O10. The Kier molecular flexibility index (Phi) is 15.6. The fourth-order valence-electron chi connectivity index (χ4n) is 11.2. The zero-order valence-electron chi connectivity index (χ0n) is 46.0. The molecular weight excluding hydrogens is 1040 g/mol. The number of aliphatic imine (C=N–C) groups is 2. The molecule has 0 aromatic heterocycles. The van der Waals surface area contributed by atoms with E-state index in [9.17, 15) is 28.4 Å².